The van der Waals surface area contributed by atoms with Crippen LogP contribution in [0.4, 0.5) is 0 Å². The number of fused-ring (bicyclic) bond motifs is 8. The van der Waals surface area contributed by atoms with E-state index in [1.54, 1.807) is 0 Å². The van der Waals surface area contributed by atoms with Gasteiger partial charge in [-0.15, -0.1) is 0 Å². The van der Waals surface area contributed by atoms with E-state index in [2.05, 4.69) is 148 Å². The van der Waals surface area contributed by atoms with Gasteiger partial charge in [0.05, 0.1) is 38.8 Å². The first-order valence-corrected chi connectivity index (χ1v) is 15.7. The van der Waals surface area contributed by atoms with E-state index in [-0.39, 0.29) is 0 Å². The summed E-state index contributed by atoms with van der Waals surface area (Å²) in [6.45, 7) is 0. The molecule has 0 aliphatic carbocycles. The highest BCUT2D eigenvalue weighted by molar-refractivity contribution is 6.33. The van der Waals surface area contributed by atoms with Crippen molar-refractivity contribution < 1.29 is 0 Å². The van der Waals surface area contributed by atoms with Gasteiger partial charge in [-0.1, -0.05) is 109 Å². The molecule has 0 bridgehead atoms. The van der Waals surface area contributed by atoms with Gasteiger partial charge in [-0.05, 0) is 52.6 Å². The molecular weight excluding hydrogens is 560 g/mol. The van der Waals surface area contributed by atoms with Crippen molar-refractivity contribution in [2.75, 3.05) is 0 Å². The molecule has 11 rings (SSSR count). The fraction of sp³-hybridized carbons (Fsp3) is 0. The van der Waals surface area contributed by atoms with Gasteiger partial charge < -0.3 is 4.40 Å². The molecule has 0 spiro atoms. The summed E-state index contributed by atoms with van der Waals surface area (Å²) in [6, 6.07) is 52.2. The summed E-state index contributed by atoms with van der Waals surface area (Å²) in [5, 5.41) is 11.0. The van der Waals surface area contributed by atoms with Crippen molar-refractivity contribution in [1.82, 2.24) is 18.9 Å². The third kappa shape index (κ3) is 3.03. The highest BCUT2D eigenvalue weighted by Gasteiger charge is 2.24. The third-order valence-electron chi connectivity index (χ3n) is 9.82. The monoisotopic (exact) mass is 584 g/mol. The number of rotatable bonds is 2. The highest BCUT2D eigenvalue weighted by Crippen LogP contribution is 2.45. The average molecular weight is 585 g/mol. The third-order valence-corrected chi connectivity index (χ3v) is 9.82. The van der Waals surface area contributed by atoms with Gasteiger partial charge in [-0.25, -0.2) is 9.97 Å². The molecular formula is C42H24N4. The van der Waals surface area contributed by atoms with Gasteiger partial charge in [0, 0.05) is 37.9 Å². The maximum atomic E-state index is 5.34. The van der Waals surface area contributed by atoms with Crippen LogP contribution >= 0.6 is 0 Å². The first-order chi connectivity index (χ1) is 22.8. The molecule has 0 saturated heterocycles. The van der Waals surface area contributed by atoms with Gasteiger partial charge in [0.1, 0.15) is 0 Å². The minimum absolute atomic E-state index is 0.677. The second kappa shape index (κ2) is 8.68. The van der Waals surface area contributed by atoms with Crippen LogP contribution < -0.4 is 0 Å². The van der Waals surface area contributed by atoms with Crippen LogP contribution in [0.25, 0.3) is 98.8 Å². The predicted molar refractivity (Wildman–Crippen MR) is 191 cm³/mol. The molecule has 4 heterocycles. The maximum Gasteiger partial charge on any atom is 0.235 e. The maximum absolute atomic E-state index is 5.34. The van der Waals surface area contributed by atoms with E-state index in [1.165, 1.54) is 59.6 Å². The Balaban J connectivity index is 1.40. The van der Waals surface area contributed by atoms with Gasteiger partial charge in [0.25, 0.3) is 0 Å². The lowest BCUT2D eigenvalue weighted by Gasteiger charge is -2.12. The van der Waals surface area contributed by atoms with Gasteiger partial charge in [0.2, 0.25) is 5.95 Å². The smallest absolute Gasteiger partial charge is 0.235 e. The quantitative estimate of drug-likeness (QED) is 0.203. The van der Waals surface area contributed by atoms with Crippen molar-refractivity contribution in [3.8, 4) is 17.2 Å². The minimum Gasteiger partial charge on any atom is -0.308 e. The Morgan fingerprint density at radius 2 is 1.11 bits per heavy atom. The molecule has 0 radical (unpaired) electrons. The molecule has 11 aromatic rings. The highest BCUT2D eigenvalue weighted by atomic mass is 15.2. The summed E-state index contributed by atoms with van der Waals surface area (Å²) in [4.78, 5) is 10.6. The second-order valence-electron chi connectivity index (χ2n) is 12.2. The van der Waals surface area contributed by atoms with E-state index in [4.69, 9.17) is 9.97 Å². The Kier molecular flexibility index (Phi) is 4.55. The van der Waals surface area contributed by atoms with E-state index in [0.29, 0.717) is 5.95 Å². The zero-order valence-corrected chi connectivity index (χ0v) is 24.6. The lowest BCUT2D eigenvalue weighted by molar-refractivity contribution is 1.01. The molecule has 0 N–H and O–H groups in total. The second-order valence-corrected chi connectivity index (χ2v) is 12.2. The number of para-hydroxylation sites is 2. The Hall–Kier alpha value is -6.26. The van der Waals surface area contributed by atoms with E-state index < -0.39 is 0 Å². The summed E-state index contributed by atoms with van der Waals surface area (Å²) in [5.41, 5.74) is 8.80. The van der Waals surface area contributed by atoms with Crippen LogP contribution in [0, 0.1) is 0 Å². The first kappa shape index (κ1) is 24.1. The van der Waals surface area contributed by atoms with E-state index in [0.717, 1.165) is 33.2 Å². The van der Waals surface area contributed by atoms with E-state index >= 15 is 0 Å². The number of nitrogens with zero attached hydrogens (tertiary/aromatic N) is 4. The van der Waals surface area contributed by atoms with Crippen LogP contribution in [-0.4, -0.2) is 18.9 Å². The number of benzene rings is 7. The zero-order chi connectivity index (χ0) is 29.9. The van der Waals surface area contributed by atoms with Crippen LogP contribution in [-0.2, 0) is 0 Å². The lowest BCUT2D eigenvalue weighted by Crippen LogP contribution is -2.03. The molecule has 0 aliphatic heterocycles. The summed E-state index contributed by atoms with van der Waals surface area (Å²) in [7, 11) is 0. The van der Waals surface area contributed by atoms with E-state index in [9.17, 15) is 0 Å². The molecule has 0 unspecified atom stereocenters. The van der Waals surface area contributed by atoms with Crippen molar-refractivity contribution in [3.63, 3.8) is 0 Å². The number of hydrogen-bond donors (Lipinski definition) is 0. The fourth-order valence-electron chi connectivity index (χ4n) is 7.90. The molecule has 4 nitrogen and oxygen atoms in total. The van der Waals surface area contributed by atoms with Gasteiger partial charge in [-0.3, -0.25) is 4.57 Å². The predicted octanol–water partition coefficient (Wildman–Crippen LogP) is 10.7. The molecule has 7 aromatic carbocycles. The topological polar surface area (TPSA) is 35.1 Å². The molecule has 46 heavy (non-hydrogen) atoms. The molecule has 0 saturated carbocycles. The van der Waals surface area contributed by atoms with Gasteiger partial charge in [0.15, 0.2) is 0 Å². The van der Waals surface area contributed by atoms with Crippen LogP contribution in [0.3, 0.4) is 0 Å². The molecule has 4 heteroatoms. The Morgan fingerprint density at radius 1 is 0.413 bits per heavy atom. The van der Waals surface area contributed by atoms with Crippen molar-refractivity contribution in [3.05, 3.63) is 146 Å². The molecule has 0 atom stereocenters. The summed E-state index contributed by atoms with van der Waals surface area (Å²) < 4.78 is 4.77. The zero-order valence-electron chi connectivity index (χ0n) is 24.6. The Bertz CT molecular complexity index is 3020. The molecule has 0 fully saturated rings. The minimum atomic E-state index is 0.677. The van der Waals surface area contributed by atoms with Crippen LogP contribution in [0.15, 0.2) is 146 Å². The normalized spacial score (nSPS) is 12.3. The standard InChI is InChI=1S/C42H24N4/c1-2-11-25(12-3-1)40-31-16-6-8-18-33(31)43-42(44-40)46-35-20-10-17-29-32-23-26-13-4-5-14-27(26)24-37(32)45-34-19-9-7-15-28(34)30-21-22-36(46)39(38(29)35)41(30)45/h1-24H. The summed E-state index contributed by atoms with van der Waals surface area (Å²) in [6.07, 6.45) is 0. The fourth-order valence-corrected chi connectivity index (χ4v) is 7.90. The number of hydrogen-bond acceptors (Lipinski definition) is 2. The molecule has 212 valence electrons. The first-order valence-electron chi connectivity index (χ1n) is 15.7. The lowest BCUT2D eigenvalue weighted by atomic mass is 10.0. The van der Waals surface area contributed by atoms with Crippen molar-refractivity contribution in [1.29, 1.82) is 0 Å². The van der Waals surface area contributed by atoms with E-state index in [1.807, 2.05) is 6.07 Å². The Morgan fingerprint density at radius 3 is 2.00 bits per heavy atom. The summed E-state index contributed by atoms with van der Waals surface area (Å²) in [5.74, 6) is 0.677. The Labute approximate surface area is 262 Å². The van der Waals surface area contributed by atoms with Crippen molar-refractivity contribution in [2.45, 2.75) is 0 Å². The number of aromatic nitrogens is 4. The SMILES string of the molecule is c1ccc(-c2nc(-n3c4cccc5c6cc7ccccc7cc6n6c7ccccc7c7ccc3c(c54)c76)nc3ccccc23)cc1. The van der Waals surface area contributed by atoms with Crippen LogP contribution in [0.1, 0.15) is 0 Å². The molecule has 0 amide bonds. The van der Waals surface area contributed by atoms with Crippen LogP contribution in [0.5, 0.6) is 0 Å². The van der Waals surface area contributed by atoms with Crippen molar-refractivity contribution >= 4 is 81.6 Å². The summed E-state index contributed by atoms with van der Waals surface area (Å²) >= 11 is 0. The molecule has 0 aliphatic rings. The van der Waals surface area contributed by atoms with Gasteiger partial charge >= 0.3 is 0 Å². The largest absolute Gasteiger partial charge is 0.308 e. The average Bonchev–Trinajstić information content (AvgIpc) is 3.60. The molecule has 4 aromatic heterocycles. The van der Waals surface area contributed by atoms with Crippen molar-refractivity contribution in [2.24, 2.45) is 0 Å². The van der Waals surface area contributed by atoms with Crippen LogP contribution in [0.2, 0.25) is 0 Å². The van der Waals surface area contributed by atoms with Gasteiger partial charge in [-0.2, -0.15) is 0 Å².